The molecule has 0 amide bonds. The molecule has 0 heterocycles. The second-order valence-corrected chi connectivity index (χ2v) is 8.19. The van der Waals surface area contributed by atoms with E-state index in [1.165, 1.54) is 11.1 Å². The zero-order valence-corrected chi connectivity index (χ0v) is 19.7. The van der Waals surface area contributed by atoms with Gasteiger partial charge in [-0.25, -0.2) is 0 Å². The summed E-state index contributed by atoms with van der Waals surface area (Å²) in [5, 5.41) is 1.97. The summed E-state index contributed by atoms with van der Waals surface area (Å²) in [5.74, 6) is 0. The summed E-state index contributed by atoms with van der Waals surface area (Å²) >= 11 is 0. The second kappa shape index (κ2) is 10.1. The van der Waals surface area contributed by atoms with E-state index in [-0.39, 0.29) is 0 Å². The maximum Gasteiger partial charge on any atom is 0.0540 e. The number of rotatable bonds is 7. The quantitative estimate of drug-likeness (QED) is 0.288. The fourth-order valence-corrected chi connectivity index (χ4v) is 4.24. The van der Waals surface area contributed by atoms with Gasteiger partial charge in [-0.3, -0.25) is 0 Å². The van der Waals surface area contributed by atoms with E-state index in [1.54, 1.807) is 0 Å². The van der Waals surface area contributed by atoms with Crippen molar-refractivity contribution in [2.45, 2.75) is 6.92 Å². The van der Waals surface area contributed by atoms with E-state index in [0.717, 1.165) is 44.2 Å². The van der Waals surface area contributed by atoms with Crippen LogP contribution in [0.2, 0.25) is 0 Å². The van der Waals surface area contributed by atoms with Crippen molar-refractivity contribution in [3.05, 3.63) is 144 Å². The first-order valence-corrected chi connectivity index (χ1v) is 11.3. The van der Waals surface area contributed by atoms with Gasteiger partial charge in [0.1, 0.15) is 0 Å². The van der Waals surface area contributed by atoms with Gasteiger partial charge in [0, 0.05) is 16.5 Å². The lowest BCUT2D eigenvalue weighted by Gasteiger charge is -2.29. The predicted octanol–water partition coefficient (Wildman–Crippen LogP) is 7.49. The van der Waals surface area contributed by atoms with Crippen LogP contribution < -0.4 is 15.3 Å². The minimum atomic E-state index is 0.942. The molecule has 0 saturated heterocycles. The Kier molecular flexibility index (Phi) is 6.75. The SMILES string of the molecule is C=C/C(=c1/ccccc1=C)N(c1cccc(-c2ccc(C)cc2)c1)c1cccc(C=C)c1C=C. The van der Waals surface area contributed by atoms with Gasteiger partial charge >= 0.3 is 0 Å². The lowest BCUT2D eigenvalue weighted by Crippen LogP contribution is -2.31. The van der Waals surface area contributed by atoms with Gasteiger partial charge in [0.15, 0.2) is 0 Å². The van der Waals surface area contributed by atoms with Crippen molar-refractivity contribution in [1.82, 2.24) is 0 Å². The molecule has 0 bridgehead atoms. The number of anilines is 2. The molecule has 0 N–H and O–H groups in total. The number of hydrogen-bond acceptors (Lipinski definition) is 1. The van der Waals surface area contributed by atoms with E-state index in [0.29, 0.717) is 0 Å². The molecule has 1 heteroatoms. The van der Waals surface area contributed by atoms with E-state index >= 15 is 0 Å². The maximum atomic E-state index is 4.28. The van der Waals surface area contributed by atoms with Crippen molar-refractivity contribution in [2.24, 2.45) is 0 Å². The van der Waals surface area contributed by atoms with Crippen LogP contribution in [0, 0.1) is 6.92 Å². The average molecular weight is 440 g/mol. The third kappa shape index (κ3) is 4.42. The van der Waals surface area contributed by atoms with Gasteiger partial charge in [-0.2, -0.15) is 0 Å². The molecule has 1 nitrogen and oxygen atoms in total. The molecule has 0 fully saturated rings. The van der Waals surface area contributed by atoms with Crippen LogP contribution in [0.4, 0.5) is 11.4 Å². The molecule has 0 saturated carbocycles. The monoisotopic (exact) mass is 439 g/mol. The number of aryl methyl sites for hydroxylation is 1. The van der Waals surface area contributed by atoms with Gasteiger partial charge in [0.05, 0.1) is 11.4 Å². The summed E-state index contributed by atoms with van der Waals surface area (Å²) in [4.78, 5) is 2.23. The molecule has 0 unspecified atom stereocenters. The van der Waals surface area contributed by atoms with Crippen molar-refractivity contribution in [3.63, 3.8) is 0 Å². The van der Waals surface area contributed by atoms with Crippen LogP contribution in [0.25, 0.3) is 35.6 Å². The zero-order valence-electron chi connectivity index (χ0n) is 19.7. The van der Waals surface area contributed by atoms with Gasteiger partial charge in [-0.15, -0.1) is 0 Å². The summed E-state index contributed by atoms with van der Waals surface area (Å²) in [7, 11) is 0. The highest BCUT2D eigenvalue weighted by molar-refractivity contribution is 5.91. The second-order valence-electron chi connectivity index (χ2n) is 8.19. The number of nitrogens with zero attached hydrogens (tertiary/aromatic N) is 1. The third-order valence-electron chi connectivity index (χ3n) is 6.00. The molecule has 34 heavy (non-hydrogen) atoms. The first-order chi connectivity index (χ1) is 16.6. The highest BCUT2D eigenvalue weighted by Crippen LogP contribution is 2.37. The predicted molar refractivity (Wildman–Crippen MR) is 150 cm³/mol. The minimum Gasteiger partial charge on any atom is -0.309 e. The van der Waals surface area contributed by atoms with Crippen LogP contribution in [0.15, 0.2) is 117 Å². The molecular formula is C33H29N. The van der Waals surface area contributed by atoms with Gasteiger partial charge in [0.25, 0.3) is 0 Å². The van der Waals surface area contributed by atoms with Crippen molar-refractivity contribution in [2.75, 3.05) is 4.90 Å². The highest BCUT2D eigenvalue weighted by Gasteiger charge is 2.18. The first-order valence-electron chi connectivity index (χ1n) is 11.3. The van der Waals surface area contributed by atoms with Crippen molar-refractivity contribution >= 4 is 35.8 Å². The summed E-state index contributed by atoms with van der Waals surface area (Å²) in [6.07, 6.45) is 5.65. The largest absolute Gasteiger partial charge is 0.309 e. The fraction of sp³-hybridized carbons (Fsp3) is 0.0303. The topological polar surface area (TPSA) is 3.24 Å². The molecule has 0 aliphatic carbocycles. The Labute approximate surface area is 202 Å². The average Bonchev–Trinajstić information content (AvgIpc) is 2.88. The van der Waals surface area contributed by atoms with Crippen LogP contribution in [0.3, 0.4) is 0 Å². The summed E-state index contributed by atoms with van der Waals surface area (Å²) in [6, 6.07) is 31.5. The van der Waals surface area contributed by atoms with Crippen molar-refractivity contribution in [1.29, 1.82) is 0 Å². The van der Waals surface area contributed by atoms with Gasteiger partial charge in [-0.05, 0) is 53.1 Å². The van der Waals surface area contributed by atoms with E-state index in [2.05, 4.69) is 105 Å². The Morgan fingerprint density at radius 1 is 0.735 bits per heavy atom. The molecule has 4 rings (SSSR count). The molecule has 166 valence electrons. The van der Waals surface area contributed by atoms with Crippen molar-refractivity contribution < 1.29 is 0 Å². The van der Waals surface area contributed by atoms with Gasteiger partial charge in [0.2, 0.25) is 0 Å². The van der Waals surface area contributed by atoms with E-state index in [1.807, 2.05) is 42.5 Å². The molecule has 0 atom stereocenters. The number of benzene rings is 4. The molecule has 0 aliphatic heterocycles. The Morgan fingerprint density at radius 3 is 2.15 bits per heavy atom. The van der Waals surface area contributed by atoms with Gasteiger partial charge < -0.3 is 4.90 Å². The molecule has 0 aromatic heterocycles. The summed E-state index contributed by atoms with van der Waals surface area (Å²) in [6.45, 7) is 18.7. The van der Waals surface area contributed by atoms with E-state index in [9.17, 15) is 0 Å². The molecule has 4 aromatic carbocycles. The van der Waals surface area contributed by atoms with Crippen LogP contribution in [0.1, 0.15) is 16.7 Å². The normalized spacial score (nSPS) is 11.4. The fourth-order valence-electron chi connectivity index (χ4n) is 4.24. The van der Waals surface area contributed by atoms with Crippen molar-refractivity contribution in [3.8, 4) is 11.1 Å². The van der Waals surface area contributed by atoms with Crippen LogP contribution in [0.5, 0.6) is 0 Å². The minimum absolute atomic E-state index is 0.942. The smallest absolute Gasteiger partial charge is 0.0540 e. The maximum absolute atomic E-state index is 4.28. The molecule has 4 aromatic rings. The Bertz CT molecular complexity index is 1470. The molecule has 0 aliphatic rings. The van der Waals surface area contributed by atoms with Gasteiger partial charge in [-0.1, -0.05) is 117 Å². The number of hydrogen-bond donors (Lipinski definition) is 0. The standard InChI is InChI=1S/C33H29N/c1-6-26-14-12-18-33(30(26)7-2)34(32(8-3)31-17-10-9-13-25(31)5)29-16-11-15-28(23-29)27-21-19-24(4)20-22-27/h6-23H,1-3,5H2,4H3/b32-31+. The van der Waals surface area contributed by atoms with E-state index < -0.39 is 0 Å². The zero-order chi connectivity index (χ0) is 24.1. The Morgan fingerprint density at radius 2 is 1.47 bits per heavy atom. The summed E-state index contributed by atoms with van der Waals surface area (Å²) < 4.78 is 0. The molecular weight excluding hydrogens is 410 g/mol. The molecule has 0 radical (unpaired) electrons. The highest BCUT2D eigenvalue weighted by atomic mass is 15.1. The Hall–Kier alpha value is -4.36. The van der Waals surface area contributed by atoms with Crippen LogP contribution >= 0.6 is 0 Å². The Balaban J connectivity index is 2.05. The van der Waals surface area contributed by atoms with Crippen LogP contribution in [-0.2, 0) is 0 Å². The summed E-state index contributed by atoms with van der Waals surface area (Å²) in [5.41, 5.74) is 8.59. The van der Waals surface area contributed by atoms with Crippen LogP contribution in [-0.4, -0.2) is 0 Å². The third-order valence-corrected chi connectivity index (χ3v) is 6.00. The first kappa shape index (κ1) is 22.8. The lowest BCUT2D eigenvalue weighted by molar-refractivity contribution is 1.28. The van der Waals surface area contributed by atoms with E-state index in [4.69, 9.17) is 0 Å². The lowest BCUT2D eigenvalue weighted by atomic mass is 10.0. The molecule has 0 spiro atoms.